The van der Waals surface area contributed by atoms with Crippen LogP contribution in [0.3, 0.4) is 0 Å². The second kappa shape index (κ2) is 6.72. The van der Waals surface area contributed by atoms with Crippen LogP contribution in [0.1, 0.15) is 5.56 Å². The third-order valence-electron chi connectivity index (χ3n) is 3.97. The lowest BCUT2D eigenvalue weighted by Crippen LogP contribution is -2.17. The first-order valence-corrected chi connectivity index (χ1v) is 8.71. The average molecular weight is 399 g/mol. The minimum absolute atomic E-state index is 0.115. The Morgan fingerprint density at radius 3 is 2.72 bits per heavy atom. The van der Waals surface area contributed by atoms with Gasteiger partial charge in [0.2, 0.25) is 5.91 Å². The molecule has 25 heavy (non-hydrogen) atoms. The molecule has 1 aliphatic rings. The predicted molar refractivity (Wildman–Crippen MR) is 99.2 cm³/mol. The molecule has 3 aromatic rings. The molecule has 0 spiro atoms. The molecule has 126 valence electrons. The minimum Gasteiger partial charge on any atom is -0.486 e. The number of ether oxygens (including phenoxy) is 2. The van der Waals surface area contributed by atoms with Gasteiger partial charge in [-0.3, -0.25) is 9.78 Å². The van der Waals surface area contributed by atoms with Gasteiger partial charge in [-0.1, -0.05) is 34.1 Å². The van der Waals surface area contributed by atoms with E-state index in [0.717, 1.165) is 20.9 Å². The van der Waals surface area contributed by atoms with Crippen molar-refractivity contribution in [3.8, 4) is 11.5 Å². The Morgan fingerprint density at radius 1 is 1.12 bits per heavy atom. The number of carbonyl (C=O) groups excluding carboxylic acids is 1. The number of carbonyl (C=O) groups is 1. The first-order chi connectivity index (χ1) is 12.2. The Balaban J connectivity index is 1.56. The normalized spacial score (nSPS) is 12.8. The van der Waals surface area contributed by atoms with Crippen molar-refractivity contribution in [3.63, 3.8) is 0 Å². The van der Waals surface area contributed by atoms with Gasteiger partial charge in [0.05, 0.1) is 17.6 Å². The van der Waals surface area contributed by atoms with Gasteiger partial charge in [0.15, 0.2) is 11.5 Å². The van der Waals surface area contributed by atoms with E-state index in [4.69, 9.17) is 9.47 Å². The Bertz CT molecular complexity index is 953. The molecule has 0 atom stereocenters. The van der Waals surface area contributed by atoms with Gasteiger partial charge < -0.3 is 14.8 Å². The van der Waals surface area contributed by atoms with Crippen molar-refractivity contribution < 1.29 is 14.3 Å². The highest BCUT2D eigenvalue weighted by Gasteiger charge is 2.17. The first kappa shape index (κ1) is 15.9. The Labute approximate surface area is 153 Å². The summed E-state index contributed by atoms with van der Waals surface area (Å²) in [6, 6.07) is 13.3. The third-order valence-corrected chi connectivity index (χ3v) is 4.71. The number of aromatic nitrogens is 1. The second-order valence-corrected chi connectivity index (χ2v) is 6.55. The fourth-order valence-corrected chi connectivity index (χ4v) is 3.28. The maximum Gasteiger partial charge on any atom is 0.228 e. The molecule has 4 rings (SSSR count). The lowest BCUT2D eigenvalue weighted by Gasteiger charge is -2.20. The van der Waals surface area contributed by atoms with E-state index in [1.165, 1.54) is 0 Å². The summed E-state index contributed by atoms with van der Waals surface area (Å²) < 4.78 is 12.0. The lowest BCUT2D eigenvalue weighted by molar-refractivity contribution is -0.115. The average Bonchev–Trinajstić information content (AvgIpc) is 2.63. The number of nitrogens with one attached hydrogen (secondary N) is 1. The molecule has 0 saturated carbocycles. The summed E-state index contributed by atoms with van der Waals surface area (Å²) >= 11 is 3.50. The summed E-state index contributed by atoms with van der Waals surface area (Å²) in [5.74, 6) is 1.25. The standard InChI is InChI=1S/C19H15BrN2O3/c20-14-11-17-16(24-7-8-25-17)9-13(14)10-18(23)22-15-5-1-3-12-4-2-6-21-19(12)15/h1-6,9,11H,7-8,10H2,(H,22,23). The summed E-state index contributed by atoms with van der Waals surface area (Å²) in [6.45, 7) is 1.05. The zero-order valence-corrected chi connectivity index (χ0v) is 14.9. The molecule has 0 bridgehead atoms. The molecule has 1 aliphatic heterocycles. The maximum atomic E-state index is 12.5. The number of hydrogen-bond acceptors (Lipinski definition) is 4. The molecular formula is C19H15BrN2O3. The molecule has 0 saturated heterocycles. The van der Waals surface area contributed by atoms with E-state index in [2.05, 4.69) is 26.2 Å². The van der Waals surface area contributed by atoms with E-state index in [1.54, 1.807) is 6.20 Å². The summed E-state index contributed by atoms with van der Waals surface area (Å²) in [5.41, 5.74) is 2.33. The largest absolute Gasteiger partial charge is 0.486 e. The topological polar surface area (TPSA) is 60.5 Å². The van der Waals surface area contributed by atoms with Crippen molar-refractivity contribution >= 4 is 38.4 Å². The van der Waals surface area contributed by atoms with Crippen LogP contribution in [0.2, 0.25) is 0 Å². The van der Waals surface area contributed by atoms with E-state index in [0.29, 0.717) is 30.4 Å². The molecule has 1 aromatic heterocycles. The molecule has 2 aromatic carbocycles. The summed E-state index contributed by atoms with van der Waals surface area (Å²) in [4.78, 5) is 16.9. The highest BCUT2D eigenvalue weighted by molar-refractivity contribution is 9.10. The van der Waals surface area contributed by atoms with Crippen LogP contribution in [0.5, 0.6) is 11.5 Å². The highest BCUT2D eigenvalue weighted by atomic mass is 79.9. The number of hydrogen-bond donors (Lipinski definition) is 1. The van der Waals surface area contributed by atoms with Gasteiger partial charge in [-0.15, -0.1) is 0 Å². The minimum atomic E-state index is -0.115. The Kier molecular flexibility index (Phi) is 4.28. The number of benzene rings is 2. The van der Waals surface area contributed by atoms with Crippen molar-refractivity contribution in [1.82, 2.24) is 4.98 Å². The van der Waals surface area contributed by atoms with Crippen LogP contribution < -0.4 is 14.8 Å². The van der Waals surface area contributed by atoms with Crippen LogP contribution >= 0.6 is 15.9 Å². The highest BCUT2D eigenvalue weighted by Crippen LogP contribution is 2.35. The van der Waals surface area contributed by atoms with Crippen LogP contribution in [-0.2, 0) is 11.2 Å². The number of para-hydroxylation sites is 1. The molecule has 0 radical (unpaired) electrons. The molecule has 0 fully saturated rings. The zero-order valence-electron chi connectivity index (χ0n) is 13.3. The van der Waals surface area contributed by atoms with Gasteiger partial charge in [0.25, 0.3) is 0 Å². The number of halogens is 1. The van der Waals surface area contributed by atoms with Gasteiger partial charge in [-0.2, -0.15) is 0 Å². The smallest absolute Gasteiger partial charge is 0.228 e. The van der Waals surface area contributed by atoms with Gasteiger partial charge in [0, 0.05) is 16.1 Å². The van der Waals surface area contributed by atoms with Crippen LogP contribution in [0, 0.1) is 0 Å². The number of nitrogens with zero attached hydrogens (tertiary/aromatic N) is 1. The van der Waals surface area contributed by atoms with E-state index in [1.807, 2.05) is 42.5 Å². The van der Waals surface area contributed by atoms with Gasteiger partial charge >= 0.3 is 0 Å². The van der Waals surface area contributed by atoms with Crippen molar-refractivity contribution in [2.75, 3.05) is 18.5 Å². The van der Waals surface area contributed by atoms with Crippen molar-refractivity contribution in [2.45, 2.75) is 6.42 Å². The fourth-order valence-electron chi connectivity index (χ4n) is 2.81. The number of anilines is 1. The quantitative estimate of drug-likeness (QED) is 0.725. The SMILES string of the molecule is O=C(Cc1cc2c(cc1Br)OCCO2)Nc1cccc2cccnc12. The number of pyridine rings is 1. The summed E-state index contributed by atoms with van der Waals surface area (Å²) in [6.07, 6.45) is 1.94. The fraction of sp³-hybridized carbons (Fsp3) is 0.158. The van der Waals surface area contributed by atoms with Crippen LogP contribution in [0.4, 0.5) is 5.69 Å². The molecule has 1 N–H and O–H groups in total. The van der Waals surface area contributed by atoms with E-state index < -0.39 is 0 Å². The molecular weight excluding hydrogens is 384 g/mol. The number of amides is 1. The summed E-state index contributed by atoms with van der Waals surface area (Å²) in [5, 5.41) is 3.93. The predicted octanol–water partition coefficient (Wildman–Crippen LogP) is 3.95. The van der Waals surface area contributed by atoms with E-state index in [-0.39, 0.29) is 12.3 Å². The van der Waals surface area contributed by atoms with Crippen LogP contribution in [-0.4, -0.2) is 24.1 Å². The van der Waals surface area contributed by atoms with E-state index in [9.17, 15) is 4.79 Å². The molecule has 5 nitrogen and oxygen atoms in total. The van der Waals surface area contributed by atoms with Gasteiger partial charge in [-0.05, 0) is 29.8 Å². The Hall–Kier alpha value is -2.60. The monoisotopic (exact) mass is 398 g/mol. The maximum absolute atomic E-state index is 12.5. The molecule has 0 unspecified atom stereocenters. The van der Waals surface area contributed by atoms with Crippen LogP contribution in [0.25, 0.3) is 10.9 Å². The number of fused-ring (bicyclic) bond motifs is 2. The van der Waals surface area contributed by atoms with Gasteiger partial charge in [0.1, 0.15) is 13.2 Å². The first-order valence-electron chi connectivity index (χ1n) is 7.92. The van der Waals surface area contributed by atoms with Crippen molar-refractivity contribution in [2.24, 2.45) is 0 Å². The third kappa shape index (κ3) is 3.30. The summed E-state index contributed by atoms with van der Waals surface area (Å²) in [7, 11) is 0. The van der Waals surface area contributed by atoms with Crippen molar-refractivity contribution in [1.29, 1.82) is 0 Å². The van der Waals surface area contributed by atoms with Gasteiger partial charge in [-0.25, -0.2) is 0 Å². The van der Waals surface area contributed by atoms with Crippen molar-refractivity contribution in [3.05, 3.63) is 58.7 Å². The Morgan fingerprint density at radius 2 is 1.88 bits per heavy atom. The molecule has 0 aliphatic carbocycles. The lowest BCUT2D eigenvalue weighted by atomic mass is 10.1. The second-order valence-electron chi connectivity index (χ2n) is 5.69. The zero-order chi connectivity index (χ0) is 17.2. The number of rotatable bonds is 3. The van der Waals surface area contributed by atoms with Crippen LogP contribution in [0.15, 0.2) is 53.1 Å². The van der Waals surface area contributed by atoms with E-state index >= 15 is 0 Å². The molecule has 2 heterocycles. The molecule has 1 amide bonds. The molecule has 6 heteroatoms.